The molecule has 3 aliphatic rings. The van der Waals surface area contributed by atoms with Gasteiger partial charge in [-0.3, -0.25) is 9.59 Å². The molecule has 3 fully saturated rings. The number of carbonyl (C=O) groups is 2. The highest BCUT2D eigenvalue weighted by atomic mass is 35.5. The first-order chi connectivity index (χ1) is 10.6. The second-order valence-corrected chi connectivity index (χ2v) is 6.84. The summed E-state index contributed by atoms with van der Waals surface area (Å²) in [5.41, 5.74) is -0.418. The van der Waals surface area contributed by atoms with Gasteiger partial charge in [0.15, 0.2) is 0 Å². The quantitative estimate of drug-likeness (QED) is 0.804. The number of hydrogen-bond donors (Lipinski definition) is 1. The molecule has 3 aliphatic heterocycles. The molecule has 6 nitrogen and oxygen atoms in total. The van der Waals surface area contributed by atoms with Gasteiger partial charge in [0, 0.05) is 32.8 Å². The van der Waals surface area contributed by atoms with Crippen LogP contribution in [0.15, 0.2) is 0 Å². The highest BCUT2D eigenvalue weighted by molar-refractivity contribution is 5.87. The number of rotatable bonds is 2. The Balaban J connectivity index is 0.00000192. The van der Waals surface area contributed by atoms with Gasteiger partial charge in [-0.1, -0.05) is 0 Å². The van der Waals surface area contributed by atoms with Crippen LogP contribution in [0, 0.1) is 0 Å². The maximum absolute atomic E-state index is 12.7. The Morgan fingerprint density at radius 1 is 1.09 bits per heavy atom. The fourth-order valence-electron chi connectivity index (χ4n) is 3.69. The maximum atomic E-state index is 12.7. The van der Waals surface area contributed by atoms with Gasteiger partial charge < -0.3 is 19.9 Å². The van der Waals surface area contributed by atoms with E-state index in [0.717, 1.165) is 38.6 Å². The number of carbonyl (C=O) groups excluding carboxylic acids is 2. The zero-order chi connectivity index (χ0) is 15.6. The van der Waals surface area contributed by atoms with Gasteiger partial charge >= 0.3 is 0 Å². The van der Waals surface area contributed by atoms with Gasteiger partial charge in [0.25, 0.3) is 5.91 Å². The zero-order valence-electron chi connectivity index (χ0n) is 13.9. The SMILES string of the molecule is CC1(C(=O)N2CCN(C(=O)C3CCCO3)CC2)CCCCN1.Cl. The first-order valence-corrected chi connectivity index (χ1v) is 8.55. The van der Waals surface area contributed by atoms with E-state index in [1.165, 1.54) is 0 Å². The number of piperidine rings is 1. The zero-order valence-corrected chi connectivity index (χ0v) is 14.7. The molecule has 0 aromatic rings. The highest BCUT2D eigenvalue weighted by Crippen LogP contribution is 2.22. The lowest BCUT2D eigenvalue weighted by molar-refractivity contribution is -0.148. The molecule has 1 N–H and O–H groups in total. The Labute approximate surface area is 144 Å². The van der Waals surface area contributed by atoms with Crippen LogP contribution in [0.25, 0.3) is 0 Å². The number of amides is 2. The van der Waals surface area contributed by atoms with Crippen LogP contribution in [-0.4, -0.2) is 72.6 Å². The Morgan fingerprint density at radius 3 is 2.35 bits per heavy atom. The summed E-state index contributed by atoms with van der Waals surface area (Å²) in [6, 6.07) is 0. The standard InChI is InChI=1S/C16H27N3O3.ClH/c1-16(6-2-3-7-17-16)15(21)19-10-8-18(9-11-19)14(20)13-5-4-12-22-13;/h13,17H,2-12H2,1H3;1H. The van der Waals surface area contributed by atoms with Crippen LogP contribution < -0.4 is 5.32 Å². The predicted octanol–water partition coefficient (Wildman–Crippen LogP) is 0.790. The van der Waals surface area contributed by atoms with E-state index in [-0.39, 0.29) is 30.3 Å². The number of piperazine rings is 1. The van der Waals surface area contributed by atoms with Gasteiger partial charge in [0.2, 0.25) is 5.91 Å². The van der Waals surface area contributed by atoms with Crippen molar-refractivity contribution in [2.45, 2.75) is 50.7 Å². The molecule has 0 radical (unpaired) electrons. The van der Waals surface area contributed by atoms with Crippen molar-refractivity contribution in [1.82, 2.24) is 15.1 Å². The molecule has 0 bridgehead atoms. The van der Waals surface area contributed by atoms with Crippen LogP contribution in [0.5, 0.6) is 0 Å². The number of nitrogens with zero attached hydrogens (tertiary/aromatic N) is 2. The van der Waals surface area contributed by atoms with E-state index in [1.807, 2.05) is 16.7 Å². The Kier molecular flexibility index (Phi) is 6.28. The van der Waals surface area contributed by atoms with E-state index in [0.29, 0.717) is 32.8 Å². The van der Waals surface area contributed by atoms with E-state index in [1.54, 1.807) is 0 Å². The Bertz CT molecular complexity index is 426. The first-order valence-electron chi connectivity index (χ1n) is 8.55. The van der Waals surface area contributed by atoms with Crippen molar-refractivity contribution in [2.75, 3.05) is 39.3 Å². The fraction of sp³-hybridized carbons (Fsp3) is 0.875. The molecule has 0 aromatic heterocycles. The van der Waals surface area contributed by atoms with Gasteiger partial charge in [-0.15, -0.1) is 12.4 Å². The molecule has 3 saturated heterocycles. The van der Waals surface area contributed by atoms with Crippen LogP contribution in [0.3, 0.4) is 0 Å². The second kappa shape index (κ2) is 7.81. The minimum Gasteiger partial charge on any atom is -0.368 e. The van der Waals surface area contributed by atoms with Crippen LogP contribution in [0.4, 0.5) is 0 Å². The summed E-state index contributed by atoms with van der Waals surface area (Å²) in [4.78, 5) is 28.8. The van der Waals surface area contributed by atoms with Gasteiger partial charge in [-0.25, -0.2) is 0 Å². The lowest BCUT2D eigenvalue weighted by Gasteiger charge is -2.42. The summed E-state index contributed by atoms with van der Waals surface area (Å²) in [5, 5.41) is 3.38. The van der Waals surface area contributed by atoms with Crippen molar-refractivity contribution in [3.63, 3.8) is 0 Å². The summed E-state index contributed by atoms with van der Waals surface area (Å²) < 4.78 is 5.47. The molecule has 7 heteroatoms. The first kappa shape index (κ1) is 18.5. The summed E-state index contributed by atoms with van der Waals surface area (Å²) >= 11 is 0. The summed E-state index contributed by atoms with van der Waals surface area (Å²) in [7, 11) is 0. The normalized spacial score (nSPS) is 31.6. The minimum atomic E-state index is -0.418. The van der Waals surface area contributed by atoms with Crippen molar-refractivity contribution in [2.24, 2.45) is 0 Å². The highest BCUT2D eigenvalue weighted by Gasteiger charge is 2.39. The lowest BCUT2D eigenvalue weighted by Crippen LogP contribution is -2.62. The van der Waals surface area contributed by atoms with E-state index in [9.17, 15) is 9.59 Å². The molecule has 2 atom stereocenters. The van der Waals surface area contributed by atoms with E-state index < -0.39 is 5.54 Å². The van der Waals surface area contributed by atoms with Gasteiger partial charge in [-0.05, 0) is 45.6 Å². The van der Waals surface area contributed by atoms with E-state index in [2.05, 4.69) is 5.32 Å². The van der Waals surface area contributed by atoms with E-state index >= 15 is 0 Å². The van der Waals surface area contributed by atoms with Gasteiger partial charge in [-0.2, -0.15) is 0 Å². The third-order valence-corrected chi connectivity index (χ3v) is 5.17. The molecule has 0 aromatic carbocycles. The van der Waals surface area contributed by atoms with Crippen LogP contribution in [0.1, 0.15) is 39.0 Å². The summed E-state index contributed by atoms with van der Waals surface area (Å²) in [6.45, 7) is 6.14. The molecule has 23 heavy (non-hydrogen) atoms. The van der Waals surface area contributed by atoms with Crippen molar-refractivity contribution in [3.8, 4) is 0 Å². The van der Waals surface area contributed by atoms with Crippen LogP contribution >= 0.6 is 12.4 Å². The molecule has 132 valence electrons. The van der Waals surface area contributed by atoms with Gasteiger partial charge in [0.05, 0.1) is 5.54 Å². The molecular weight excluding hydrogens is 318 g/mol. The number of nitrogens with one attached hydrogen (secondary N) is 1. The average molecular weight is 346 g/mol. The third kappa shape index (κ3) is 3.98. The van der Waals surface area contributed by atoms with Crippen molar-refractivity contribution >= 4 is 24.2 Å². The molecule has 0 aliphatic carbocycles. The largest absolute Gasteiger partial charge is 0.368 e. The number of hydrogen-bond acceptors (Lipinski definition) is 4. The monoisotopic (exact) mass is 345 g/mol. The van der Waals surface area contributed by atoms with Crippen molar-refractivity contribution < 1.29 is 14.3 Å². The average Bonchev–Trinajstić information content (AvgIpc) is 3.09. The molecule has 0 saturated carbocycles. The molecule has 3 heterocycles. The molecular formula is C16H28ClN3O3. The van der Waals surface area contributed by atoms with Gasteiger partial charge in [0.1, 0.15) is 6.10 Å². The third-order valence-electron chi connectivity index (χ3n) is 5.17. The summed E-state index contributed by atoms with van der Waals surface area (Å²) in [5.74, 6) is 0.294. The molecule has 0 spiro atoms. The fourth-order valence-corrected chi connectivity index (χ4v) is 3.69. The molecule has 2 unspecified atom stereocenters. The molecule has 3 rings (SSSR count). The van der Waals surface area contributed by atoms with E-state index in [4.69, 9.17) is 4.74 Å². The topological polar surface area (TPSA) is 61.9 Å². The van der Waals surface area contributed by atoms with Crippen LogP contribution in [0.2, 0.25) is 0 Å². The van der Waals surface area contributed by atoms with Crippen LogP contribution in [-0.2, 0) is 14.3 Å². The second-order valence-electron chi connectivity index (χ2n) is 6.84. The molecule has 2 amide bonds. The number of ether oxygens (including phenoxy) is 1. The Morgan fingerprint density at radius 2 is 1.78 bits per heavy atom. The van der Waals surface area contributed by atoms with Crippen molar-refractivity contribution in [3.05, 3.63) is 0 Å². The number of halogens is 1. The Hall–Kier alpha value is -0.850. The summed E-state index contributed by atoms with van der Waals surface area (Å²) in [6.07, 6.45) is 4.71. The minimum absolute atomic E-state index is 0. The van der Waals surface area contributed by atoms with Crippen molar-refractivity contribution in [1.29, 1.82) is 0 Å². The smallest absolute Gasteiger partial charge is 0.251 e. The lowest BCUT2D eigenvalue weighted by atomic mass is 9.89. The predicted molar refractivity (Wildman–Crippen MR) is 89.6 cm³/mol. The maximum Gasteiger partial charge on any atom is 0.251 e.